The summed E-state index contributed by atoms with van der Waals surface area (Å²) < 4.78 is 5.28. The second kappa shape index (κ2) is 11.7. The van der Waals surface area contributed by atoms with Gasteiger partial charge in [-0.15, -0.1) is 10.2 Å². The zero-order valence-corrected chi connectivity index (χ0v) is 21.7. The standard InChI is InChI=1S/C27H35N7O4/c1-38-19-12-13-20-21(15-28-22(20)14-19)25(35)27(37)34(16-23-30-32-33-31-23)24(17-8-4-2-5-9-17)26(36)29-18-10-6-3-7-11-18/h12-15,17-18,24,28H,2-11,16H2,1H3,(H,29,36)(H,30,31,32,33)/t24-/m1/s1. The Morgan fingerprint density at radius 1 is 1.08 bits per heavy atom. The Hall–Kier alpha value is -3.76. The average Bonchev–Trinajstić information content (AvgIpc) is 3.62. The maximum atomic E-state index is 14.0. The lowest BCUT2D eigenvalue weighted by Gasteiger charge is -2.38. The molecule has 2 aliphatic rings. The van der Waals surface area contributed by atoms with Crippen LogP contribution in [0.25, 0.3) is 10.9 Å². The number of carbonyl (C=O) groups is 3. The van der Waals surface area contributed by atoms with E-state index < -0.39 is 17.7 Å². The van der Waals surface area contributed by atoms with Crippen molar-refractivity contribution in [2.45, 2.75) is 82.8 Å². The molecule has 1 aromatic carbocycles. The second-order valence-electron chi connectivity index (χ2n) is 10.4. The van der Waals surface area contributed by atoms with Crippen molar-refractivity contribution in [3.63, 3.8) is 0 Å². The molecule has 38 heavy (non-hydrogen) atoms. The van der Waals surface area contributed by atoms with Crippen LogP contribution in [0.4, 0.5) is 0 Å². The number of tetrazole rings is 1. The number of hydrogen-bond donors (Lipinski definition) is 3. The Kier molecular flexibility index (Phi) is 8.00. The average molecular weight is 522 g/mol. The van der Waals surface area contributed by atoms with Crippen molar-refractivity contribution in [1.29, 1.82) is 0 Å². The van der Waals surface area contributed by atoms with E-state index in [-0.39, 0.29) is 35.8 Å². The van der Waals surface area contributed by atoms with Gasteiger partial charge in [0, 0.05) is 29.2 Å². The molecule has 1 atom stereocenters. The SMILES string of the molecule is COc1ccc2c(C(=O)C(=O)N(Cc3nn[nH]n3)[C@@H](C(=O)NC3CCCCC3)C3CCCCC3)c[nH]c2c1. The molecular formula is C27H35N7O4. The highest BCUT2D eigenvalue weighted by atomic mass is 16.5. The molecule has 3 aromatic rings. The number of ketones is 1. The van der Waals surface area contributed by atoms with Gasteiger partial charge in [0.15, 0.2) is 5.82 Å². The van der Waals surface area contributed by atoms with Gasteiger partial charge < -0.3 is 19.9 Å². The zero-order valence-electron chi connectivity index (χ0n) is 21.7. The van der Waals surface area contributed by atoms with Gasteiger partial charge >= 0.3 is 0 Å². The summed E-state index contributed by atoms with van der Waals surface area (Å²) in [6.07, 6.45) is 11.4. The van der Waals surface area contributed by atoms with Gasteiger partial charge in [-0.1, -0.05) is 43.7 Å². The van der Waals surface area contributed by atoms with E-state index in [4.69, 9.17) is 4.74 Å². The molecule has 0 unspecified atom stereocenters. The third-order valence-electron chi connectivity index (χ3n) is 7.94. The number of fused-ring (bicyclic) bond motifs is 1. The largest absolute Gasteiger partial charge is 0.497 e. The summed E-state index contributed by atoms with van der Waals surface area (Å²) in [5.74, 6) is -0.793. The first-order valence-electron chi connectivity index (χ1n) is 13.6. The van der Waals surface area contributed by atoms with Crippen LogP contribution in [0, 0.1) is 5.92 Å². The smallest absolute Gasteiger partial charge is 0.296 e. The van der Waals surface area contributed by atoms with E-state index >= 15 is 0 Å². The van der Waals surface area contributed by atoms with Gasteiger partial charge in [-0.25, -0.2) is 0 Å². The molecule has 2 aliphatic carbocycles. The number of carbonyl (C=O) groups excluding carboxylic acids is 3. The van der Waals surface area contributed by atoms with Crippen LogP contribution in [0.15, 0.2) is 24.4 Å². The van der Waals surface area contributed by atoms with Gasteiger partial charge in [-0.2, -0.15) is 5.21 Å². The van der Waals surface area contributed by atoms with E-state index in [1.807, 2.05) is 0 Å². The van der Waals surface area contributed by atoms with E-state index in [0.29, 0.717) is 16.7 Å². The summed E-state index contributed by atoms with van der Waals surface area (Å²) in [6.45, 7) is -0.0868. The minimum atomic E-state index is -0.794. The number of nitrogens with one attached hydrogen (secondary N) is 3. The van der Waals surface area contributed by atoms with Crippen LogP contribution in [-0.2, 0) is 16.1 Å². The lowest BCUT2D eigenvalue weighted by molar-refractivity contribution is -0.141. The molecule has 0 spiro atoms. The molecule has 2 amide bonds. The predicted octanol–water partition coefficient (Wildman–Crippen LogP) is 3.30. The van der Waals surface area contributed by atoms with Crippen molar-refractivity contribution < 1.29 is 19.1 Å². The third kappa shape index (κ3) is 5.56. The second-order valence-corrected chi connectivity index (χ2v) is 10.4. The summed E-state index contributed by atoms with van der Waals surface area (Å²) >= 11 is 0. The van der Waals surface area contributed by atoms with Crippen LogP contribution >= 0.6 is 0 Å². The molecule has 0 aliphatic heterocycles. The first kappa shape index (κ1) is 25.9. The Bertz CT molecular complexity index is 1260. The number of Topliss-reactive ketones (excluding diaryl/α,β-unsaturated/α-hetero) is 1. The monoisotopic (exact) mass is 521 g/mol. The van der Waals surface area contributed by atoms with Crippen molar-refractivity contribution in [1.82, 2.24) is 35.8 Å². The Balaban J connectivity index is 1.48. The van der Waals surface area contributed by atoms with Crippen LogP contribution in [0.5, 0.6) is 5.75 Å². The summed E-state index contributed by atoms with van der Waals surface area (Å²) in [7, 11) is 1.57. The number of methoxy groups -OCH3 is 1. The first-order valence-corrected chi connectivity index (χ1v) is 13.6. The predicted molar refractivity (Wildman–Crippen MR) is 139 cm³/mol. The number of amides is 2. The molecule has 0 saturated heterocycles. The molecule has 0 bridgehead atoms. The molecule has 0 radical (unpaired) electrons. The molecule has 3 N–H and O–H groups in total. The van der Waals surface area contributed by atoms with Crippen molar-refractivity contribution in [3.05, 3.63) is 35.8 Å². The summed E-state index contributed by atoms with van der Waals surface area (Å²) in [4.78, 5) is 46.0. The van der Waals surface area contributed by atoms with E-state index in [2.05, 4.69) is 30.9 Å². The number of nitrogens with zero attached hydrogens (tertiary/aromatic N) is 4. The molecular weight excluding hydrogens is 486 g/mol. The summed E-state index contributed by atoms with van der Waals surface area (Å²) in [5.41, 5.74) is 0.935. The number of hydrogen-bond acceptors (Lipinski definition) is 7. The van der Waals surface area contributed by atoms with Crippen molar-refractivity contribution in [2.75, 3.05) is 7.11 Å². The number of rotatable bonds is 9. The number of ether oxygens (including phenoxy) is 1. The normalized spacial score (nSPS) is 17.7. The fourth-order valence-electron chi connectivity index (χ4n) is 5.96. The molecule has 2 fully saturated rings. The van der Waals surface area contributed by atoms with Crippen molar-refractivity contribution in [3.8, 4) is 5.75 Å². The van der Waals surface area contributed by atoms with E-state index in [9.17, 15) is 14.4 Å². The lowest BCUT2D eigenvalue weighted by Crippen LogP contribution is -2.56. The van der Waals surface area contributed by atoms with E-state index in [1.165, 1.54) is 17.5 Å². The van der Waals surface area contributed by atoms with Gasteiger partial charge in [0.05, 0.1) is 19.2 Å². The van der Waals surface area contributed by atoms with Gasteiger partial charge in [-0.3, -0.25) is 14.4 Å². The number of H-pyrrole nitrogens is 2. The molecule has 2 aromatic heterocycles. The fraction of sp³-hybridized carbons (Fsp3) is 0.556. The van der Waals surface area contributed by atoms with Crippen molar-refractivity contribution >= 4 is 28.5 Å². The Morgan fingerprint density at radius 2 is 1.82 bits per heavy atom. The van der Waals surface area contributed by atoms with Crippen LogP contribution in [0.1, 0.15) is 80.4 Å². The van der Waals surface area contributed by atoms with Crippen LogP contribution in [0.2, 0.25) is 0 Å². The first-order chi connectivity index (χ1) is 18.5. The zero-order chi connectivity index (χ0) is 26.5. The molecule has 11 nitrogen and oxygen atoms in total. The highest BCUT2D eigenvalue weighted by molar-refractivity contribution is 6.45. The Labute approximate surface area is 221 Å². The summed E-state index contributed by atoms with van der Waals surface area (Å²) in [5, 5.41) is 17.9. The third-order valence-corrected chi connectivity index (χ3v) is 7.94. The molecule has 2 saturated carbocycles. The molecule has 202 valence electrons. The number of aromatic amines is 2. The number of aromatic nitrogens is 5. The topological polar surface area (TPSA) is 146 Å². The quantitative estimate of drug-likeness (QED) is 0.289. The van der Waals surface area contributed by atoms with Crippen LogP contribution in [0.3, 0.4) is 0 Å². The maximum absolute atomic E-state index is 14.0. The number of benzene rings is 1. The minimum absolute atomic E-state index is 0.0526. The van der Waals surface area contributed by atoms with Gasteiger partial charge in [0.25, 0.3) is 11.7 Å². The van der Waals surface area contributed by atoms with E-state index in [1.54, 1.807) is 25.3 Å². The van der Waals surface area contributed by atoms with Gasteiger partial charge in [0.2, 0.25) is 5.91 Å². The van der Waals surface area contributed by atoms with Crippen LogP contribution < -0.4 is 10.1 Å². The van der Waals surface area contributed by atoms with E-state index in [0.717, 1.165) is 57.8 Å². The fourth-order valence-corrected chi connectivity index (χ4v) is 5.96. The highest BCUT2D eigenvalue weighted by Gasteiger charge is 2.41. The molecule has 5 rings (SSSR count). The lowest BCUT2D eigenvalue weighted by atomic mass is 9.82. The molecule has 2 heterocycles. The highest BCUT2D eigenvalue weighted by Crippen LogP contribution is 2.32. The van der Waals surface area contributed by atoms with Crippen molar-refractivity contribution in [2.24, 2.45) is 5.92 Å². The van der Waals surface area contributed by atoms with Gasteiger partial charge in [0.1, 0.15) is 11.8 Å². The Morgan fingerprint density at radius 3 is 2.50 bits per heavy atom. The van der Waals surface area contributed by atoms with Crippen LogP contribution in [-0.4, -0.2) is 67.3 Å². The summed E-state index contributed by atoms with van der Waals surface area (Å²) in [6, 6.07) is 4.57. The molecule has 11 heteroatoms. The van der Waals surface area contributed by atoms with Gasteiger partial charge in [-0.05, 0) is 43.7 Å². The maximum Gasteiger partial charge on any atom is 0.296 e. The minimum Gasteiger partial charge on any atom is -0.497 e.